The van der Waals surface area contributed by atoms with Gasteiger partial charge in [-0.3, -0.25) is 4.79 Å². The van der Waals surface area contributed by atoms with Crippen LogP contribution in [0.2, 0.25) is 0 Å². The molecule has 1 aliphatic carbocycles. The predicted molar refractivity (Wildman–Crippen MR) is 80.9 cm³/mol. The number of fused-ring (bicyclic) bond motifs is 1. The maximum atomic E-state index is 11.7. The Hall–Kier alpha value is -2.29. The molecule has 0 bridgehead atoms. The fourth-order valence-corrected chi connectivity index (χ4v) is 3.27. The minimum absolute atomic E-state index is 0.219. The van der Waals surface area contributed by atoms with Gasteiger partial charge in [0.15, 0.2) is 0 Å². The molecule has 2 aromatic rings. The number of ether oxygens (including phenoxy) is 1. The topological polar surface area (TPSA) is 46.5 Å². The number of carbonyl (C=O) groups is 1. The maximum Gasteiger partial charge on any atom is 0.311 e. The molecule has 0 fully saturated rings. The van der Waals surface area contributed by atoms with Crippen molar-refractivity contribution in [1.29, 1.82) is 0 Å². The number of hydrogen-bond acceptors (Lipinski definition) is 2. The lowest BCUT2D eigenvalue weighted by atomic mass is 9.74. The number of carboxylic acid groups (broad SMARTS) is 1. The van der Waals surface area contributed by atoms with E-state index in [9.17, 15) is 9.90 Å². The molecule has 0 amide bonds. The molecule has 108 valence electrons. The smallest absolute Gasteiger partial charge is 0.311 e. The molecule has 0 radical (unpaired) electrons. The number of rotatable bonds is 3. The normalized spacial score (nSPS) is 20.6. The van der Waals surface area contributed by atoms with E-state index in [0.29, 0.717) is 6.42 Å². The molecule has 2 aromatic carbocycles. The van der Waals surface area contributed by atoms with Gasteiger partial charge in [-0.1, -0.05) is 42.5 Å². The lowest BCUT2D eigenvalue weighted by Gasteiger charge is -2.30. The van der Waals surface area contributed by atoms with Crippen LogP contribution >= 0.6 is 0 Å². The van der Waals surface area contributed by atoms with E-state index in [1.807, 2.05) is 36.4 Å². The Bertz CT molecular complexity index is 649. The van der Waals surface area contributed by atoms with Crippen molar-refractivity contribution in [3.63, 3.8) is 0 Å². The fourth-order valence-electron chi connectivity index (χ4n) is 3.27. The van der Waals surface area contributed by atoms with Crippen molar-refractivity contribution < 1.29 is 14.6 Å². The molecule has 0 aliphatic heterocycles. The van der Waals surface area contributed by atoms with Crippen molar-refractivity contribution in [1.82, 2.24) is 0 Å². The zero-order valence-corrected chi connectivity index (χ0v) is 12.0. The molecular weight excluding hydrogens is 264 g/mol. The molecule has 2 atom stereocenters. The summed E-state index contributed by atoms with van der Waals surface area (Å²) in [7, 11) is 1.64. The van der Waals surface area contributed by atoms with Crippen LogP contribution in [0, 0.1) is 0 Å². The lowest BCUT2D eigenvalue weighted by Crippen LogP contribution is -2.23. The van der Waals surface area contributed by atoms with Gasteiger partial charge in [0.05, 0.1) is 13.0 Å². The van der Waals surface area contributed by atoms with Crippen molar-refractivity contribution >= 4 is 5.97 Å². The third-order valence-electron chi connectivity index (χ3n) is 4.30. The first-order chi connectivity index (χ1) is 10.2. The molecule has 3 rings (SSSR count). The Kier molecular flexibility index (Phi) is 3.65. The molecular formula is C18H18O3. The quantitative estimate of drug-likeness (QED) is 0.935. The largest absolute Gasteiger partial charge is 0.496 e. The van der Waals surface area contributed by atoms with Gasteiger partial charge in [-0.15, -0.1) is 0 Å². The van der Waals surface area contributed by atoms with Gasteiger partial charge >= 0.3 is 5.97 Å². The summed E-state index contributed by atoms with van der Waals surface area (Å²) >= 11 is 0. The highest BCUT2D eigenvalue weighted by molar-refractivity contribution is 5.78. The van der Waals surface area contributed by atoms with E-state index in [2.05, 4.69) is 12.1 Å². The molecule has 3 heteroatoms. The molecule has 3 nitrogen and oxygen atoms in total. The minimum atomic E-state index is -0.759. The summed E-state index contributed by atoms with van der Waals surface area (Å²) in [5.41, 5.74) is 3.13. The van der Waals surface area contributed by atoms with Crippen LogP contribution in [0.1, 0.15) is 34.9 Å². The molecule has 1 N–H and O–H groups in total. The number of benzene rings is 2. The van der Waals surface area contributed by atoms with Gasteiger partial charge in [-0.2, -0.15) is 0 Å². The van der Waals surface area contributed by atoms with E-state index in [-0.39, 0.29) is 5.92 Å². The second kappa shape index (κ2) is 5.60. The second-order valence-electron chi connectivity index (χ2n) is 5.47. The van der Waals surface area contributed by atoms with Gasteiger partial charge in [-0.05, 0) is 41.5 Å². The highest BCUT2D eigenvalue weighted by Gasteiger charge is 2.33. The van der Waals surface area contributed by atoms with Crippen LogP contribution in [-0.4, -0.2) is 18.2 Å². The molecule has 0 aromatic heterocycles. The van der Waals surface area contributed by atoms with E-state index >= 15 is 0 Å². The summed E-state index contributed by atoms with van der Waals surface area (Å²) in [6.45, 7) is 0. The van der Waals surface area contributed by atoms with E-state index in [1.54, 1.807) is 7.11 Å². The molecule has 0 saturated carbocycles. The summed E-state index contributed by atoms with van der Waals surface area (Å²) in [6.07, 6.45) is 1.46. The molecule has 0 saturated heterocycles. The molecule has 0 spiro atoms. The van der Waals surface area contributed by atoms with Gasteiger partial charge < -0.3 is 9.84 Å². The average Bonchev–Trinajstić information content (AvgIpc) is 2.53. The predicted octanol–water partition coefficient (Wildman–Crippen LogP) is 3.59. The lowest BCUT2D eigenvalue weighted by molar-refractivity contribution is -0.139. The maximum absolute atomic E-state index is 11.7. The van der Waals surface area contributed by atoms with Crippen molar-refractivity contribution in [2.45, 2.75) is 24.7 Å². The van der Waals surface area contributed by atoms with Crippen molar-refractivity contribution in [3.05, 3.63) is 65.2 Å². The first-order valence-electron chi connectivity index (χ1n) is 7.14. The van der Waals surface area contributed by atoms with Crippen LogP contribution in [0.5, 0.6) is 5.75 Å². The van der Waals surface area contributed by atoms with Crippen LogP contribution in [0.25, 0.3) is 0 Å². The Morgan fingerprint density at radius 1 is 1.14 bits per heavy atom. The van der Waals surface area contributed by atoms with E-state index in [1.165, 1.54) is 5.56 Å². The average molecular weight is 282 g/mol. The Balaban J connectivity index is 2.06. The summed E-state index contributed by atoms with van der Waals surface area (Å²) in [6, 6.07) is 15.8. The van der Waals surface area contributed by atoms with Crippen LogP contribution in [0.15, 0.2) is 48.5 Å². The Labute approximate surface area is 124 Å². The summed E-state index contributed by atoms with van der Waals surface area (Å²) < 4.78 is 5.43. The van der Waals surface area contributed by atoms with Gasteiger partial charge in [0.1, 0.15) is 5.75 Å². The van der Waals surface area contributed by atoms with Gasteiger partial charge in [0.25, 0.3) is 0 Å². The van der Waals surface area contributed by atoms with Gasteiger partial charge in [0, 0.05) is 0 Å². The fraction of sp³-hybridized carbons (Fsp3) is 0.278. The first-order valence-corrected chi connectivity index (χ1v) is 7.14. The monoisotopic (exact) mass is 282 g/mol. The van der Waals surface area contributed by atoms with Gasteiger partial charge in [0.2, 0.25) is 0 Å². The number of aliphatic carboxylic acids is 1. The molecule has 1 aliphatic rings. The van der Waals surface area contributed by atoms with Crippen LogP contribution in [-0.2, 0) is 11.2 Å². The highest BCUT2D eigenvalue weighted by Crippen LogP contribution is 2.43. The zero-order chi connectivity index (χ0) is 14.8. The standard InChI is InChI=1S/C18H18O3/c1-21-17-9-5-8-14-15(17)10-13(11-16(14)18(19)20)12-6-3-2-4-7-12/h2-9,13,16H,10-11H2,1H3,(H,19,20). The molecule has 2 unspecified atom stereocenters. The van der Waals surface area contributed by atoms with Crippen molar-refractivity contribution in [2.24, 2.45) is 0 Å². The third kappa shape index (κ3) is 2.51. The Morgan fingerprint density at radius 3 is 2.57 bits per heavy atom. The number of carboxylic acids is 1. The van der Waals surface area contributed by atoms with E-state index in [0.717, 1.165) is 23.3 Å². The summed E-state index contributed by atoms with van der Waals surface area (Å²) in [5, 5.41) is 9.57. The third-order valence-corrected chi connectivity index (χ3v) is 4.30. The number of hydrogen-bond donors (Lipinski definition) is 1. The van der Waals surface area contributed by atoms with Crippen molar-refractivity contribution in [2.75, 3.05) is 7.11 Å². The highest BCUT2D eigenvalue weighted by atomic mass is 16.5. The SMILES string of the molecule is COc1cccc2c1CC(c1ccccc1)CC2C(=O)O. The number of methoxy groups -OCH3 is 1. The van der Waals surface area contributed by atoms with Crippen LogP contribution < -0.4 is 4.74 Å². The second-order valence-corrected chi connectivity index (χ2v) is 5.47. The zero-order valence-electron chi connectivity index (χ0n) is 12.0. The summed E-state index contributed by atoms with van der Waals surface area (Å²) in [4.78, 5) is 11.7. The van der Waals surface area contributed by atoms with Gasteiger partial charge in [-0.25, -0.2) is 0 Å². The minimum Gasteiger partial charge on any atom is -0.496 e. The van der Waals surface area contributed by atoms with Crippen molar-refractivity contribution in [3.8, 4) is 5.75 Å². The van der Waals surface area contributed by atoms with Crippen LogP contribution in [0.4, 0.5) is 0 Å². The Morgan fingerprint density at radius 2 is 1.90 bits per heavy atom. The van der Waals surface area contributed by atoms with Crippen LogP contribution in [0.3, 0.4) is 0 Å². The van der Waals surface area contributed by atoms with E-state index in [4.69, 9.17) is 4.74 Å². The molecule has 0 heterocycles. The van der Waals surface area contributed by atoms with E-state index < -0.39 is 11.9 Å². The first kappa shape index (κ1) is 13.7. The summed E-state index contributed by atoms with van der Waals surface area (Å²) in [5.74, 6) is -0.213. The molecule has 21 heavy (non-hydrogen) atoms.